The molecular formula is C19H40N2. The summed E-state index contributed by atoms with van der Waals surface area (Å²) in [5.41, 5.74) is 0. The molecule has 1 aliphatic carbocycles. The molecule has 126 valence electrons. The summed E-state index contributed by atoms with van der Waals surface area (Å²) in [7, 11) is 0. The first-order valence-electron chi connectivity index (χ1n) is 9.49. The minimum atomic E-state index is 0.746. The molecule has 3 unspecified atom stereocenters. The maximum absolute atomic E-state index is 3.76. The zero-order valence-corrected chi connectivity index (χ0v) is 15.5. The van der Waals surface area contributed by atoms with Crippen molar-refractivity contribution in [3.63, 3.8) is 0 Å². The van der Waals surface area contributed by atoms with Crippen molar-refractivity contribution in [2.45, 2.75) is 85.7 Å². The highest BCUT2D eigenvalue weighted by Crippen LogP contribution is 2.30. The van der Waals surface area contributed by atoms with Crippen molar-refractivity contribution in [1.82, 2.24) is 10.2 Å². The SMILES string of the molecule is CCNC1CCC(C)CC1CN(CC(C)C)C(CC)CC. The second kappa shape index (κ2) is 9.84. The molecule has 1 fully saturated rings. The summed E-state index contributed by atoms with van der Waals surface area (Å²) in [5, 5.41) is 3.76. The minimum absolute atomic E-state index is 0.746. The molecule has 0 radical (unpaired) electrons. The van der Waals surface area contributed by atoms with E-state index in [1.165, 1.54) is 45.2 Å². The van der Waals surface area contributed by atoms with Crippen LogP contribution >= 0.6 is 0 Å². The quantitative estimate of drug-likeness (QED) is 0.671. The van der Waals surface area contributed by atoms with Gasteiger partial charge in [0.2, 0.25) is 0 Å². The van der Waals surface area contributed by atoms with E-state index in [1.54, 1.807) is 0 Å². The Morgan fingerprint density at radius 3 is 2.29 bits per heavy atom. The summed E-state index contributed by atoms with van der Waals surface area (Å²) < 4.78 is 0. The smallest absolute Gasteiger partial charge is 0.0108 e. The van der Waals surface area contributed by atoms with Gasteiger partial charge >= 0.3 is 0 Å². The molecule has 1 rings (SSSR count). The third kappa shape index (κ3) is 6.28. The summed E-state index contributed by atoms with van der Waals surface area (Å²) in [6.07, 6.45) is 6.77. The van der Waals surface area contributed by atoms with Crippen LogP contribution in [0.25, 0.3) is 0 Å². The van der Waals surface area contributed by atoms with Crippen molar-refractivity contribution < 1.29 is 0 Å². The summed E-state index contributed by atoms with van der Waals surface area (Å²) in [5.74, 6) is 2.52. The van der Waals surface area contributed by atoms with Gasteiger partial charge in [-0.3, -0.25) is 4.90 Å². The predicted molar refractivity (Wildman–Crippen MR) is 94.8 cm³/mol. The molecule has 0 aliphatic heterocycles. The lowest BCUT2D eigenvalue weighted by Gasteiger charge is -2.41. The van der Waals surface area contributed by atoms with Crippen molar-refractivity contribution in [2.75, 3.05) is 19.6 Å². The van der Waals surface area contributed by atoms with Crippen LogP contribution in [0.15, 0.2) is 0 Å². The van der Waals surface area contributed by atoms with Crippen LogP contribution in [0.3, 0.4) is 0 Å². The lowest BCUT2D eigenvalue weighted by Crippen LogP contribution is -2.48. The van der Waals surface area contributed by atoms with Gasteiger partial charge in [0.15, 0.2) is 0 Å². The Balaban J connectivity index is 2.72. The zero-order valence-electron chi connectivity index (χ0n) is 15.5. The van der Waals surface area contributed by atoms with E-state index in [-0.39, 0.29) is 0 Å². The highest BCUT2D eigenvalue weighted by atomic mass is 15.2. The summed E-state index contributed by atoms with van der Waals surface area (Å²) in [4.78, 5) is 2.80. The van der Waals surface area contributed by atoms with E-state index in [1.807, 2.05) is 0 Å². The predicted octanol–water partition coefficient (Wildman–Crippen LogP) is 4.55. The first-order valence-corrected chi connectivity index (χ1v) is 9.49. The van der Waals surface area contributed by atoms with Gasteiger partial charge in [-0.25, -0.2) is 0 Å². The summed E-state index contributed by atoms with van der Waals surface area (Å²) in [6.45, 7) is 17.8. The second-order valence-corrected chi connectivity index (χ2v) is 7.66. The summed E-state index contributed by atoms with van der Waals surface area (Å²) in [6, 6.07) is 1.52. The molecule has 2 heteroatoms. The number of rotatable bonds is 9. The fourth-order valence-electron chi connectivity index (χ4n) is 4.18. The van der Waals surface area contributed by atoms with E-state index in [0.717, 1.165) is 36.4 Å². The molecule has 0 heterocycles. The van der Waals surface area contributed by atoms with Crippen LogP contribution < -0.4 is 5.32 Å². The van der Waals surface area contributed by atoms with Gasteiger partial charge in [0.1, 0.15) is 0 Å². The molecule has 0 amide bonds. The highest BCUT2D eigenvalue weighted by molar-refractivity contribution is 4.86. The van der Waals surface area contributed by atoms with Crippen molar-refractivity contribution >= 4 is 0 Å². The van der Waals surface area contributed by atoms with Crippen molar-refractivity contribution in [3.8, 4) is 0 Å². The molecule has 1 saturated carbocycles. The number of nitrogens with one attached hydrogen (secondary N) is 1. The molecule has 2 nitrogen and oxygen atoms in total. The van der Waals surface area contributed by atoms with Gasteiger partial charge in [-0.15, -0.1) is 0 Å². The topological polar surface area (TPSA) is 15.3 Å². The van der Waals surface area contributed by atoms with Crippen LogP contribution in [0, 0.1) is 17.8 Å². The largest absolute Gasteiger partial charge is 0.314 e. The molecule has 0 aromatic rings. The van der Waals surface area contributed by atoms with Crippen molar-refractivity contribution in [2.24, 2.45) is 17.8 Å². The van der Waals surface area contributed by atoms with Gasteiger partial charge in [0, 0.05) is 25.2 Å². The molecular weight excluding hydrogens is 256 g/mol. The fraction of sp³-hybridized carbons (Fsp3) is 1.00. The Kier molecular flexibility index (Phi) is 8.89. The molecule has 1 N–H and O–H groups in total. The highest BCUT2D eigenvalue weighted by Gasteiger charge is 2.30. The average molecular weight is 297 g/mol. The first-order chi connectivity index (χ1) is 10.0. The molecule has 1 aliphatic rings. The Hall–Kier alpha value is -0.0800. The van der Waals surface area contributed by atoms with E-state index in [2.05, 4.69) is 51.8 Å². The number of hydrogen-bond donors (Lipinski definition) is 1. The number of hydrogen-bond acceptors (Lipinski definition) is 2. The van der Waals surface area contributed by atoms with E-state index < -0.39 is 0 Å². The van der Waals surface area contributed by atoms with Crippen LogP contribution in [0.5, 0.6) is 0 Å². The maximum Gasteiger partial charge on any atom is 0.0108 e. The Morgan fingerprint density at radius 1 is 1.10 bits per heavy atom. The minimum Gasteiger partial charge on any atom is -0.314 e. The van der Waals surface area contributed by atoms with Crippen LogP contribution in [-0.2, 0) is 0 Å². The average Bonchev–Trinajstić information content (AvgIpc) is 2.42. The summed E-state index contributed by atoms with van der Waals surface area (Å²) >= 11 is 0. The third-order valence-corrected chi connectivity index (χ3v) is 5.24. The molecule has 0 bridgehead atoms. The van der Waals surface area contributed by atoms with Crippen LogP contribution in [-0.4, -0.2) is 36.6 Å². The standard InChI is InChI=1S/C19H40N2/c1-7-18(8-2)21(13-15(4)5)14-17-12-16(6)10-11-19(17)20-9-3/h15-20H,7-14H2,1-6H3. The van der Waals surface area contributed by atoms with E-state index >= 15 is 0 Å². The zero-order chi connectivity index (χ0) is 15.8. The van der Waals surface area contributed by atoms with Crippen molar-refractivity contribution in [1.29, 1.82) is 0 Å². The lowest BCUT2D eigenvalue weighted by atomic mass is 9.78. The molecule has 21 heavy (non-hydrogen) atoms. The Bertz CT molecular complexity index is 260. The van der Waals surface area contributed by atoms with Gasteiger partial charge < -0.3 is 5.32 Å². The number of nitrogens with zero attached hydrogens (tertiary/aromatic N) is 1. The third-order valence-electron chi connectivity index (χ3n) is 5.24. The first kappa shape index (κ1) is 19.0. The lowest BCUT2D eigenvalue weighted by molar-refractivity contribution is 0.0986. The van der Waals surface area contributed by atoms with Gasteiger partial charge in [-0.05, 0) is 56.4 Å². The van der Waals surface area contributed by atoms with Gasteiger partial charge in [-0.1, -0.05) is 41.5 Å². The van der Waals surface area contributed by atoms with Crippen LogP contribution in [0.4, 0.5) is 0 Å². The molecule has 0 spiro atoms. The van der Waals surface area contributed by atoms with Crippen LogP contribution in [0.1, 0.15) is 73.6 Å². The van der Waals surface area contributed by atoms with Gasteiger partial charge in [-0.2, -0.15) is 0 Å². The van der Waals surface area contributed by atoms with Crippen LogP contribution in [0.2, 0.25) is 0 Å². The maximum atomic E-state index is 3.76. The van der Waals surface area contributed by atoms with Crippen molar-refractivity contribution in [3.05, 3.63) is 0 Å². The normalized spacial score (nSPS) is 27.0. The van der Waals surface area contributed by atoms with E-state index in [0.29, 0.717) is 0 Å². The molecule has 0 saturated heterocycles. The second-order valence-electron chi connectivity index (χ2n) is 7.66. The Morgan fingerprint density at radius 2 is 1.76 bits per heavy atom. The molecule has 0 aromatic carbocycles. The van der Waals surface area contributed by atoms with Gasteiger partial charge in [0.25, 0.3) is 0 Å². The fourth-order valence-corrected chi connectivity index (χ4v) is 4.18. The molecule has 3 atom stereocenters. The van der Waals surface area contributed by atoms with E-state index in [4.69, 9.17) is 0 Å². The Labute approximate surface area is 134 Å². The van der Waals surface area contributed by atoms with E-state index in [9.17, 15) is 0 Å². The molecule has 0 aromatic heterocycles. The van der Waals surface area contributed by atoms with Gasteiger partial charge in [0.05, 0.1) is 0 Å². The monoisotopic (exact) mass is 296 g/mol.